The summed E-state index contributed by atoms with van der Waals surface area (Å²) in [5, 5.41) is 9.84. The summed E-state index contributed by atoms with van der Waals surface area (Å²) in [6.07, 6.45) is 2.09. The van der Waals surface area contributed by atoms with Gasteiger partial charge in [0.15, 0.2) is 0 Å². The molecular formula is C17H24N2O3. The van der Waals surface area contributed by atoms with Crippen LogP contribution in [0.1, 0.15) is 34.1 Å². The molecule has 5 heteroatoms. The minimum Gasteiger partial charge on any atom is -0.506 e. The van der Waals surface area contributed by atoms with Crippen LogP contribution in [0, 0.1) is 11.3 Å². The van der Waals surface area contributed by atoms with Gasteiger partial charge in [-0.05, 0) is 30.4 Å². The van der Waals surface area contributed by atoms with Crippen LogP contribution in [0.3, 0.4) is 0 Å². The van der Waals surface area contributed by atoms with Crippen LogP contribution in [-0.4, -0.2) is 27.2 Å². The van der Waals surface area contributed by atoms with Gasteiger partial charge >= 0.3 is 5.97 Å². The zero-order valence-corrected chi connectivity index (χ0v) is 13.7. The van der Waals surface area contributed by atoms with Crippen molar-refractivity contribution in [2.24, 2.45) is 11.3 Å². The van der Waals surface area contributed by atoms with E-state index in [0.717, 1.165) is 5.52 Å². The fourth-order valence-corrected chi connectivity index (χ4v) is 2.52. The largest absolute Gasteiger partial charge is 0.506 e. The van der Waals surface area contributed by atoms with E-state index in [2.05, 4.69) is 25.8 Å². The summed E-state index contributed by atoms with van der Waals surface area (Å²) in [6.45, 7) is 9.23. The number of hydrogen-bond acceptors (Lipinski definition) is 4. The molecule has 0 radical (unpaired) electrons. The predicted octanol–water partition coefficient (Wildman–Crippen LogP) is 3.36. The highest BCUT2D eigenvalue weighted by molar-refractivity contribution is 5.81. The summed E-state index contributed by atoms with van der Waals surface area (Å²) < 4.78 is 7.08. The molecule has 2 aromatic rings. The summed E-state index contributed by atoms with van der Waals surface area (Å²) in [5.41, 5.74) is 1.42. The van der Waals surface area contributed by atoms with Gasteiger partial charge < -0.3 is 14.4 Å². The van der Waals surface area contributed by atoms with Crippen molar-refractivity contribution >= 4 is 17.0 Å². The standard InChI is InChI=1S/C17H24N2O3/c1-5-22-15(21)9-12(17(2,3)4)10-19-11-18-16-13(19)7-6-8-14(16)20/h6-8,11-12,20H,5,9-10H2,1-4H3. The number of esters is 1. The molecule has 0 spiro atoms. The Morgan fingerprint density at radius 2 is 2.14 bits per heavy atom. The van der Waals surface area contributed by atoms with Crippen LogP contribution in [0.4, 0.5) is 0 Å². The molecule has 1 unspecified atom stereocenters. The Morgan fingerprint density at radius 3 is 2.77 bits per heavy atom. The average Bonchev–Trinajstić information content (AvgIpc) is 2.82. The molecule has 0 fully saturated rings. The quantitative estimate of drug-likeness (QED) is 0.860. The van der Waals surface area contributed by atoms with Crippen molar-refractivity contribution in [1.82, 2.24) is 9.55 Å². The Morgan fingerprint density at radius 1 is 1.41 bits per heavy atom. The Bertz CT molecular complexity index is 655. The van der Waals surface area contributed by atoms with Crippen LogP contribution < -0.4 is 0 Å². The normalized spacial score (nSPS) is 13.3. The number of aromatic nitrogens is 2. The molecule has 0 bridgehead atoms. The van der Waals surface area contributed by atoms with Crippen LogP contribution in [0.5, 0.6) is 5.75 Å². The molecule has 22 heavy (non-hydrogen) atoms. The van der Waals surface area contributed by atoms with E-state index in [4.69, 9.17) is 4.74 Å². The van der Waals surface area contributed by atoms with Crippen LogP contribution in [-0.2, 0) is 16.1 Å². The summed E-state index contributed by atoms with van der Waals surface area (Å²) >= 11 is 0. The van der Waals surface area contributed by atoms with Crippen molar-refractivity contribution in [2.45, 2.75) is 40.7 Å². The Balaban J connectivity index is 2.26. The van der Waals surface area contributed by atoms with Gasteiger partial charge in [-0.3, -0.25) is 4.79 Å². The lowest BCUT2D eigenvalue weighted by atomic mass is 9.78. The highest BCUT2D eigenvalue weighted by Gasteiger charge is 2.28. The molecule has 0 aliphatic rings. The van der Waals surface area contributed by atoms with E-state index in [1.807, 2.05) is 17.6 Å². The number of para-hydroxylation sites is 1. The maximum atomic E-state index is 11.9. The Kier molecular flexibility index (Phi) is 4.74. The Labute approximate surface area is 130 Å². The number of aromatic hydroxyl groups is 1. The maximum Gasteiger partial charge on any atom is 0.306 e. The molecule has 1 N–H and O–H groups in total. The number of carbonyl (C=O) groups excluding carboxylic acids is 1. The van der Waals surface area contributed by atoms with Gasteiger partial charge in [-0.15, -0.1) is 0 Å². The van der Waals surface area contributed by atoms with Gasteiger partial charge in [0.05, 0.1) is 24.9 Å². The highest BCUT2D eigenvalue weighted by atomic mass is 16.5. The minimum atomic E-state index is -0.172. The minimum absolute atomic E-state index is 0.0415. The van der Waals surface area contributed by atoms with Crippen molar-refractivity contribution in [3.63, 3.8) is 0 Å². The number of imidazole rings is 1. The third-order valence-electron chi connectivity index (χ3n) is 3.99. The van der Waals surface area contributed by atoms with Gasteiger partial charge in [0.2, 0.25) is 0 Å². The van der Waals surface area contributed by atoms with Gasteiger partial charge in [0, 0.05) is 6.54 Å². The van der Waals surface area contributed by atoms with Gasteiger partial charge in [0.1, 0.15) is 11.3 Å². The third kappa shape index (κ3) is 3.59. The van der Waals surface area contributed by atoms with Crippen molar-refractivity contribution in [3.05, 3.63) is 24.5 Å². The molecule has 5 nitrogen and oxygen atoms in total. The van der Waals surface area contributed by atoms with E-state index in [0.29, 0.717) is 25.1 Å². The number of phenolic OH excluding ortho intramolecular Hbond substituents is 1. The monoisotopic (exact) mass is 304 g/mol. The lowest BCUT2D eigenvalue weighted by molar-refractivity contribution is -0.145. The van der Waals surface area contributed by atoms with Gasteiger partial charge in [-0.25, -0.2) is 4.98 Å². The van der Waals surface area contributed by atoms with Crippen molar-refractivity contribution in [1.29, 1.82) is 0 Å². The highest BCUT2D eigenvalue weighted by Crippen LogP contribution is 2.32. The molecule has 1 aromatic carbocycles. The second-order valence-electron chi connectivity index (χ2n) is 6.61. The smallest absolute Gasteiger partial charge is 0.306 e. The Hall–Kier alpha value is -2.04. The van der Waals surface area contributed by atoms with E-state index in [1.165, 1.54) is 0 Å². The summed E-state index contributed by atoms with van der Waals surface area (Å²) in [4.78, 5) is 16.1. The van der Waals surface area contributed by atoms with Gasteiger partial charge in [0.25, 0.3) is 0 Å². The number of phenols is 1. The topological polar surface area (TPSA) is 64.4 Å². The number of hydrogen-bond donors (Lipinski definition) is 1. The number of rotatable bonds is 5. The number of benzene rings is 1. The second-order valence-corrected chi connectivity index (χ2v) is 6.61. The van der Waals surface area contributed by atoms with Gasteiger partial charge in [-0.2, -0.15) is 0 Å². The first-order valence-corrected chi connectivity index (χ1v) is 7.61. The van der Waals surface area contributed by atoms with Crippen LogP contribution in [0.25, 0.3) is 11.0 Å². The number of carbonyl (C=O) groups is 1. The molecule has 1 aromatic heterocycles. The molecule has 0 amide bonds. The molecule has 120 valence electrons. The van der Waals surface area contributed by atoms with E-state index >= 15 is 0 Å². The molecule has 0 aliphatic carbocycles. The molecule has 1 atom stereocenters. The van der Waals surface area contributed by atoms with Crippen LogP contribution in [0.15, 0.2) is 24.5 Å². The number of fused-ring (bicyclic) bond motifs is 1. The van der Waals surface area contributed by atoms with E-state index in [1.54, 1.807) is 18.5 Å². The molecule has 1 heterocycles. The van der Waals surface area contributed by atoms with Crippen LogP contribution in [0.2, 0.25) is 0 Å². The fraction of sp³-hybridized carbons (Fsp3) is 0.529. The summed E-state index contributed by atoms with van der Waals surface area (Å²) in [6, 6.07) is 5.35. The summed E-state index contributed by atoms with van der Waals surface area (Å²) in [5.74, 6) is 0.120. The summed E-state index contributed by atoms with van der Waals surface area (Å²) in [7, 11) is 0. The third-order valence-corrected chi connectivity index (χ3v) is 3.99. The predicted molar refractivity (Wildman–Crippen MR) is 85.6 cm³/mol. The fourth-order valence-electron chi connectivity index (χ4n) is 2.52. The first-order valence-electron chi connectivity index (χ1n) is 7.61. The molecule has 0 saturated carbocycles. The SMILES string of the molecule is CCOC(=O)CC(Cn1cnc2c(O)cccc21)C(C)(C)C. The zero-order valence-electron chi connectivity index (χ0n) is 13.7. The second kappa shape index (κ2) is 6.38. The van der Waals surface area contributed by atoms with E-state index in [-0.39, 0.29) is 23.1 Å². The number of nitrogens with zero attached hydrogens (tertiary/aromatic N) is 2. The molecule has 0 aliphatic heterocycles. The van der Waals surface area contributed by atoms with Crippen molar-refractivity contribution in [2.75, 3.05) is 6.61 Å². The lowest BCUT2D eigenvalue weighted by Gasteiger charge is -2.30. The molecule has 0 saturated heterocycles. The van der Waals surface area contributed by atoms with Gasteiger partial charge in [-0.1, -0.05) is 26.8 Å². The first-order chi connectivity index (χ1) is 10.3. The lowest BCUT2D eigenvalue weighted by Crippen LogP contribution is -2.28. The van der Waals surface area contributed by atoms with E-state index < -0.39 is 0 Å². The first kappa shape index (κ1) is 16.3. The van der Waals surface area contributed by atoms with Crippen molar-refractivity contribution < 1.29 is 14.6 Å². The maximum absolute atomic E-state index is 11.9. The van der Waals surface area contributed by atoms with Crippen molar-refractivity contribution in [3.8, 4) is 5.75 Å². The molecular weight excluding hydrogens is 280 g/mol. The van der Waals surface area contributed by atoms with Crippen LogP contribution >= 0.6 is 0 Å². The number of ether oxygens (including phenoxy) is 1. The van der Waals surface area contributed by atoms with E-state index in [9.17, 15) is 9.90 Å². The average molecular weight is 304 g/mol. The molecule has 2 rings (SSSR count). The zero-order chi connectivity index (χ0) is 16.3.